The number of hydrogen-bond acceptors (Lipinski definition) is 1. The summed E-state index contributed by atoms with van der Waals surface area (Å²) >= 11 is 18.4. The molecule has 120 valence electrons. The van der Waals surface area contributed by atoms with Gasteiger partial charge in [0.25, 0.3) is 0 Å². The number of nitrogens with zero attached hydrogens (tertiary/aromatic N) is 1. The van der Waals surface area contributed by atoms with Gasteiger partial charge in [0.1, 0.15) is 0 Å². The summed E-state index contributed by atoms with van der Waals surface area (Å²) in [5.74, 6) is -0.851. The van der Waals surface area contributed by atoms with Crippen molar-refractivity contribution in [2.45, 2.75) is 17.5 Å². The summed E-state index contributed by atoms with van der Waals surface area (Å²) in [4.78, 5) is 1.60. The minimum atomic E-state index is -4.51. The largest absolute Gasteiger partial charge is 0.416 e. The number of hydrogen-bond donors (Lipinski definition) is 0. The molecule has 0 bridgehead atoms. The summed E-state index contributed by atoms with van der Waals surface area (Å²) in [5.41, 5.74) is -0.317. The first-order valence-corrected chi connectivity index (χ1v) is 7.58. The Labute approximate surface area is 141 Å². The fourth-order valence-electron chi connectivity index (χ4n) is 2.46. The third-order valence-corrected chi connectivity index (χ3v) is 4.69. The predicted octanol–water partition coefficient (Wildman–Crippen LogP) is 5.72. The van der Waals surface area contributed by atoms with Crippen LogP contribution in [0.25, 0.3) is 0 Å². The van der Waals surface area contributed by atoms with E-state index in [2.05, 4.69) is 0 Å². The second kappa shape index (κ2) is 6.34. The van der Waals surface area contributed by atoms with Crippen LogP contribution in [0.1, 0.15) is 17.0 Å². The molecule has 22 heavy (non-hydrogen) atoms. The monoisotopic (exact) mass is 369 g/mol. The lowest BCUT2D eigenvalue weighted by Gasteiger charge is -2.30. The van der Waals surface area contributed by atoms with Crippen LogP contribution in [0.15, 0.2) is 40.4 Å². The Morgan fingerprint density at radius 3 is 2.32 bits per heavy atom. The van der Waals surface area contributed by atoms with Crippen molar-refractivity contribution in [1.29, 1.82) is 0 Å². The van der Waals surface area contributed by atoms with E-state index in [0.717, 1.165) is 6.07 Å². The van der Waals surface area contributed by atoms with E-state index in [-0.39, 0.29) is 15.6 Å². The molecule has 1 nitrogen and oxygen atoms in total. The molecule has 0 spiro atoms. The number of anilines is 1. The zero-order chi connectivity index (χ0) is 16.7. The highest BCUT2D eigenvalue weighted by Gasteiger charge is 2.40. The summed E-state index contributed by atoms with van der Waals surface area (Å²) in [6.45, 7) is 0. The van der Waals surface area contributed by atoms with Crippen molar-refractivity contribution in [3.05, 3.63) is 51.5 Å². The number of halogens is 6. The SMILES string of the molecule is CN(C)c1cccc(C(F)(F)F)c1C1C(Cl)=C(Cl)C=CC1Cl. The van der Waals surface area contributed by atoms with Crippen molar-refractivity contribution in [2.75, 3.05) is 19.0 Å². The third kappa shape index (κ3) is 3.24. The van der Waals surface area contributed by atoms with Crippen LogP contribution in [0, 0.1) is 0 Å². The number of benzene rings is 1. The van der Waals surface area contributed by atoms with Gasteiger partial charge in [-0.15, -0.1) is 11.6 Å². The Bertz CT molecular complexity index is 635. The molecular formula is C15H13Cl3F3N. The normalized spacial score (nSPS) is 22.2. The molecule has 0 aromatic heterocycles. The first kappa shape index (κ1) is 17.5. The lowest BCUT2D eigenvalue weighted by molar-refractivity contribution is -0.138. The molecule has 0 N–H and O–H groups in total. The summed E-state index contributed by atoms with van der Waals surface area (Å²) in [7, 11) is 3.33. The molecule has 7 heteroatoms. The smallest absolute Gasteiger partial charge is 0.377 e. The molecule has 0 saturated heterocycles. The van der Waals surface area contributed by atoms with E-state index in [0.29, 0.717) is 5.69 Å². The van der Waals surface area contributed by atoms with E-state index in [1.807, 2.05) is 0 Å². The highest BCUT2D eigenvalue weighted by atomic mass is 35.5. The fourth-order valence-corrected chi connectivity index (χ4v) is 3.35. The molecule has 0 aliphatic heterocycles. The van der Waals surface area contributed by atoms with Gasteiger partial charge in [-0.05, 0) is 23.8 Å². The van der Waals surface area contributed by atoms with E-state index in [1.54, 1.807) is 31.1 Å². The highest BCUT2D eigenvalue weighted by molar-refractivity contribution is 6.41. The van der Waals surface area contributed by atoms with Crippen LogP contribution in [-0.2, 0) is 6.18 Å². The van der Waals surface area contributed by atoms with Gasteiger partial charge >= 0.3 is 6.18 Å². The van der Waals surface area contributed by atoms with E-state index >= 15 is 0 Å². The molecule has 2 unspecified atom stereocenters. The van der Waals surface area contributed by atoms with Crippen LogP contribution in [0.4, 0.5) is 18.9 Å². The molecule has 0 fully saturated rings. The van der Waals surface area contributed by atoms with Gasteiger partial charge in [0.05, 0.1) is 16.0 Å². The van der Waals surface area contributed by atoms with Crippen molar-refractivity contribution >= 4 is 40.5 Å². The van der Waals surface area contributed by atoms with Crippen molar-refractivity contribution in [2.24, 2.45) is 0 Å². The van der Waals surface area contributed by atoms with Crippen molar-refractivity contribution < 1.29 is 13.2 Å². The fraction of sp³-hybridized carbons (Fsp3) is 0.333. The van der Waals surface area contributed by atoms with Gasteiger partial charge in [-0.25, -0.2) is 0 Å². The van der Waals surface area contributed by atoms with Crippen LogP contribution in [0.3, 0.4) is 0 Å². The molecular weight excluding hydrogens is 358 g/mol. The molecule has 1 aliphatic rings. The minimum absolute atomic E-state index is 0.0347. The highest BCUT2D eigenvalue weighted by Crippen LogP contribution is 2.48. The molecule has 1 aromatic rings. The standard InChI is InChI=1S/C15H13Cl3F3N/c1-22(2)11-5-3-4-8(15(19,20)21)12(11)13-9(16)6-7-10(17)14(13)18/h3-7,9,13H,1-2H3. The number of alkyl halides is 4. The molecule has 0 heterocycles. The second-order valence-corrected chi connectivity index (χ2v) is 6.43. The summed E-state index contributed by atoms with van der Waals surface area (Å²) in [5, 5.41) is -0.397. The van der Waals surface area contributed by atoms with Crippen LogP contribution >= 0.6 is 34.8 Å². The first-order chi connectivity index (χ1) is 10.1. The van der Waals surface area contributed by atoms with Gasteiger partial charge in [-0.1, -0.05) is 35.3 Å². The van der Waals surface area contributed by atoms with Gasteiger partial charge < -0.3 is 4.90 Å². The van der Waals surface area contributed by atoms with Crippen molar-refractivity contribution in [3.8, 4) is 0 Å². The van der Waals surface area contributed by atoms with Gasteiger partial charge in [0, 0.05) is 30.7 Å². The maximum absolute atomic E-state index is 13.4. The van der Waals surface area contributed by atoms with Crippen molar-refractivity contribution in [1.82, 2.24) is 0 Å². The molecule has 0 amide bonds. The molecule has 0 radical (unpaired) electrons. The molecule has 1 aliphatic carbocycles. The van der Waals surface area contributed by atoms with E-state index in [9.17, 15) is 13.2 Å². The van der Waals surface area contributed by atoms with Crippen LogP contribution in [-0.4, -0.2) is 19.5 Å². The van der Waals surface area contributed by atoms with E-state index < -0.39 is 23.0 Å². The Balaban J connectivity index is 2.75. The molecule has 1 aromatic carbocycles. The van der Waals surface area contributed by atoms with Gasteiger partial charge in [-0.3, -0.25) is 0 Å². The maximum atomic E-state index is 13.4. The Kier molecular flexibility index (Phi) is 5.05. The maximum Gasteiger partial charge on any atom is 0.416 e. The van der Waals surface area contributed by atoms with Crippen LogP contribution < -0.4 is 4.90 Å². The summed E-state index contributed by atoms with van der Waals surface area (Å²) in [6.07, 6.45) is -1.46. The molecule has 2 rings (SSSR count). The Morgan fingerprint density at radius 2 is 1.77 bits per heavy atom. The first-order valence-electron chi connectivity index (χ1n) is 6.39. The van der Waals surface area contributed by atoms with Crippen LogP contribution in [0.5, 0.6) is 0 Å². The average Bonchev–Trinajstić information content (AvgIpc) is 2.42. The zero-order valence-electron chi connectivity index (χ0n) is 11.8. The van der Waals surface area contributed by atoms with E-state index in [1.165, 1.54) is 12.1 Å². The van der Waals surface area contributed by atoms with Gasteiger partial charge in [0.2, 0.25) is 0 Å². The topological polar surface area (TPSA) is 3.24 Å². The molecule has 0 saturated carbocycles. The van der Waals surface area contributed by atoms with Gasteiger partial charge in [0.15, 0.2) is 0 Å². The zero-order valence-corrected chi connectivity index (χ0v) is 14.0. The lowest BCUT2D eigenvalue weighted by atomic mass is 9.86. The van der Waals surface area contributed by atoms with Gasteiger partial charge in [-0.2, -0.15) is 13.2 Å². The second-order valence-electron chi connectivity index (χ2n) is 5.11. The predicted molar refractivity (Wildman–Crippen MR) is 86.0 cm³/mol. The minimum Gasteiger partial charge on any atom is -0.377 e. The number of rotatable bonds is 2. The summed E-state index contributed by atoms with van der Waals surface area (Å²) < 4.78 is 40.3. The van der Waals surface area contributed by atoms with Crippen molar-refractivity contribution in [3.63, 3.8) is 0 Å². The third-order valence-electron chi connectivity index (χ3n) is 3.43. The van der Waals surface area contributed by atoms with Crippen LogP contribution in [0.2, 0.25) is 0 Å². The number of allylic oxidation sites excluding steroid dienone is 4. The lowest BCUT2D eigenvalue weighted by Crippen LogP contribution is -2.23. The van der Waals surface area contributed by atoms with E-state index in [4.69, 9.17) is 34.8 Å². The molecule has 2 atom stereocenters. The summed E-state index contributed by atoms with van der Waals surface area (Å²) in [6, 6.07) is 4.00. The average molecular weight is 371 g/mol. The Morgan fingerprint density at radius 1 is 1.14 bits per heavy atom. The quantitative estimate of drug-likeness (QED) is 0.602. The Hall–Kier alpha value is -0.840.